The second kappa shape index (κ2) is 3.00. The summed E-state index contributed by atoms with van der Waals surface area (Å²) in [4.78, 5) is 17.1. The van der Waals surface area contributed by atoms with Crippen molar-refractivity contribution in [2.24, 2.45) is 0 Å². The zero-order valence-corrected chi connectivity index (χ0v) is 7.71. The molecule has 0 saturated heterocycles. The molecule has 0 atom stereocenters. The van der Waals surface area contributed by atoms with Crippen LogP contribution in [0, 0.1) is 6.92 Å². The number of hydrogen-bond donors (Lipinski definition) is 0. The maximum atomic E-state index is 11.5. The highest BCUT2D eigenvalue weighted by Crippen LogP contribution is 2.23. The SMILES string of the molecule is [CH2]CN1Cc2cc(Cl)ncc2C1=O. The minimum Gasteiger partial charge on any atom is -0.334 e. The fraction of sp³-hybridized carbons (Fsp3) is 0.222. The summed E-state index contributed by atoms with van der Waals surface area (Å²) in [6.45, 7) is 4.75. The van der Waals surface area contributed by atoms with E-state index in [9.17, 15) is 4.79 Å². The zero-order valence-electron chi connectivity index (χ0n) is 6.96. The number of nitrogens with zero attached hydrogens (tertiary/aromatic N) is 2. The molecule has 1 aliphatic rings. The molecule has 4 heteroatoms. The zero-order chi connectivity index (χ0) is 9.42. The van der Waals surface area contributed by atoms with Crippen molar-refractivity contribution in [1.82, 2.24) is 9.88 Å². The number of fused-ring (bicyclic) bond motifs is 1. The Balaban J connectivity index is 2.44. The van der Waals surface area contributed by atoms with E-state index >= 15 is 0 Å². The van der Waals surface area contributed by atoms with Gasteiger partial charge in [0.25, 0.3) is 5.91 Å². The van der Waals surface area contributed by atoms with Crippen molar-refractivity contribution >= 4 is 17.5 Å². The van der Waals surface area contributed by atoms with Crippen molar-refractivity contribution < 1.29 is 4.79 Å². The van der Waals surface area contributed by atoms with Crippen LogP contribution in [0.1, 0.15) is 15.9 Å². The van der Waals surface area contributed by atoms with Crippen LogP contribution in [0.4, 0.5) is 0 Å². The molecule has 0 bridgehead atoms. The van der Waals surface area contributed by atoms with E-state index in [-0.39, 0.29) is 5.91 Å². The third-order valence-corrected chi connectivity index (χ3v) is 2.31. The lowest BCUT2D eigenvalue weighted by Gasteiger charge is -2.10. The van der Waals surface area contributed by atoms with Crippen LogP contribution in [0.15, 0.2) is 12.3 Å². The van der Waals surface area contributed by atoms with E-state index in [1.54, 1.807) is 11.0 Å². The number of halogens is 1. The number of amides is 1. The molecule has 0 aliphatic carbocycles. The van der Waals surface area contributed by atoms with Crippen molar-refractivity contribution in [3.05, 3.63) is 35.5 Å². The molecule has 0 unspecified atom stereocenters. The quantitative estimate of drug-likeness (QED) is 0.637. The first-order chi connectivity index (χ1) is 6.22. The highest BCUT2D eigenvalue weighted by molar-refractivity contribution is 6.29. The molecule has 3 nitrogen and oxygen atoms in total. The van der Waals surface area contributed by atoms with Gasteiger partial charge in [0.2, 0.25) is 0 Å². The van der Waals surface area contributed by atoms with Crippen molar-refractivity contribution in [3.8, 4) is 0 Å². The van der Waals surface area contributed by atoms with Crippen LogP contribution < -0.4 is 0 Å². The molecule has 0 N–H and O–H groups in total. The van der Waals surface area contributed by atoms with E-state index in [1.165, 1.54) is 6.20 Å². The Kier molecular flexibility index (Phi) is 1.96. The number of rotatable bonds is 1. The molecule has 1 aliphatic heterocycles. The van der Waals surface area contributed by atoms with Crippen LogP contribution in [0.2, 0.25) is 5.15 Å². The molecule has 2 heterocycles. The van der Waals surface area contributed by atoms with Crippen molar-refractivity contribution in [1.29, 1.82) is 0 Å². The standard InChI is InChI=1S/C9H8ClN2O/c1-2-12-5-6-3-8(10)11-4-7(6)9(12)13/h3-4H,1-2,5H2. The van der Waals surface area contributed by atoms with Crippen LogP contribution in [0.3, 0.4) is 0 Å². The van der Waals surface area contributed by atoms with Gasteiger partial charge in [-0.25, -0.2) is 4.98 Å². The number of carbonyl (C=O) groups is 1. The van der Waals surface area contributed by atoms with Gasteiger partial charge in [0, 0.05) is 19.3 Å². The topological polar surface area (TPSA) is 33.2 Å². The Hall–Kier alpha value is -1.09. The summed E-state index contributed by atoms with van der Waals surface area (Å²) < 4.78 is 0. The Morgan fingerprint density at radius 2 is 2.46 bits per heavy atom. The van der Waals surface area contributed by atoms with E-state index in [0.717, 1.165) is 5.56 Å². The maximum absolute atomic E-state index is 11.5. The minimum absolute atomic E-state index is 0.00540. The molecule has 1 aromatic rings. The highest BCUT2D eigenvalue weighted by atomic mass is 35.5. The van der Waals surface area contributed by atoms with E-state index in [0.29, 0.717) is 23.8 Å². The Morgan fingerprint density at radius 3 is 3.15 bits per heavy atom. The van der Waals surface area contributed by atoms with Crippen LogP contribution in [0.25, 0.3) is 0 Å². The number of aromatic nitrogens is 1. The second-order valence-corrected chi connectivity index (χ2v) is 3.28. The number of carbonyl (C=O) groups excluding carboxylic acids is 1. The van der Waals surface area contributed by atoms with Gasteiger partial charge in [0.05, 0.1) is 5.56 Å². The molecular formula is C9H8ClN2O. The lowest BCUT2D eigenvalue weighted by atomic mass is 10.2. The first-order valence-electron chi connectivity index (χ1n) is 3.95. The minimum atomic E-state index is -0.00540. The molecule has 67 valence electrons. The summed E-state index contributed by atoms with van der Waals surface area (Å²) >= 11 is 5.71. The summed E-state index contributed by atoms with van der Waals surface area (Å²) in [5, 5.41) is 0.428. The lowest BCUT2D eigenvalue weighted by molar-refractivity contribution is 0.0795. The van der Waals surface area contributed by atoms with Crippen LogP contribution in [-0.2, 0) is 6.54 Å². The van der Waals surface area contributed by atoms with Gasteiger partial charge in [0.15, 0.2) is 0 Å². The van der Waals surface area contributed by atoms with E-state index in [2.05, 4.69) is 11.9 Å². The van der Waals surface area contributed by atoms with Crippen LogP contribution in [-0.4, -0.2) is 22.3 Å². The highest BCUT2D eigenvalue weighted by Gasteiger charge is 2.26. The summed E-state index contributed by atoms with van der Waals surface area (Å²) in [5.74, 6) is -0.00540. The molecule has 0 fully saturated rings. The smallest absolute Gasteiger partial charge is 0.256 e. The first-order valence-corrected chi connectivity index (χ1v) is 4.33. The Bertz CT molecular complexity index is 365. The van der Waals surface area contributed by atoms with E-state index in [4.69, 9.17) is 11.6 Å². The van der Waals surface area contributed by atoms with Crippen LogP contribution >= 0.6 is 11.6 Å². The molecule has 1 amide bonds. The summed E-state index contributed by atoms with van der Waals surface area (Å²) in [7, 11) is 0. The van der Waals surface area contributed by atoms with Crippen molar-refractivity contribution in [2.45, 2.75) is 6.54 Å². The largest absolute Gasteiger partial charge is 0.334 e. The summed E-state index contributed by atoms with van der Waals surface area (Å²) in [6, 6.07) is 1.73. The van der Waals surface area contributed by atoms with Crippen LogP contribution in [0.5, 0.6) is 0 Å². The summed E-state index contributed by atoms with van der Waals surface area (Å²) in [6.07, 6.45) is 1.52. The molecular weight excluding hydrogens is 188 g/mol. The van der Waals surface area contributed by atoms with E-state index < -0.39 is 0 Å². The molecule has 0 spiro atoms. The van der Waals surface area contributed by atoms with Gasteiger partial charge in [-0.2, -0.15) is 0 Å². The monoisotopic (exact) mass is 195 g/mol. The fourth-order valence-electron chi connectivity index (χ4n) is 1.42. The van der Waals surface area contributed by atoms with E-state index in [1.807, 2.05) is 0 Å². The van der Waals surface area contributed by atoms with Gasteiger partial charge in [-0.05, 0) is 18.6 Å². The normalized spacial score (nSPS) is 14.9. The van der Waals surface area contributed by atoms with Gasteiger partial charge in [0.1, 0.15) is 5.15 Å². The first kappa shape index (κ1) is 8.51. The molecule has 2 rings (SSSR count). The molecule has 1 radical (unpaired) electrons. The summed E-state index contributed by atoms with van der Waals surface area (Å²) in [5.41, 5.74) is 1.58. The molecule has 0 aromatic carbocycles. The second-order valence-electron chi connectivity index (χ2n) is 2.89. The Morgan fingerprint density at radius 1 is 1.69 bits per heavy atom. The average Bonchev–Trinajstić information content (AvgIpc) is 2.42. The lowest BCUT2D eigenvalue weighted by Crippen LogP contribution is -2.23. The Labute approximate surface area is 81.3 Å². The van der Waals surface area contributed by atoms with Gasteiger partial charge in [-0.1, -0.05) is 11.6 Å². The molecule has 13 heavy (non-hydrogen) atoms. The van der Waals surface area contributed by atoms with Gasteiger partial charge >= 0.3 is 0 Å². The van der Waals surface area contributed by atoms with Crippen molar-refractivity contribution in [3.63, 3.8) is 0 Å². The third kappa shape index (κ3) is 1.29. The van der Waals surface area contributed by atoms with Crippen molar-refractivity contribution in [2.75, 3.05) is 6.54 Å². The van der Waals surface area contributed by atoms with Gasteiger partial charge in [-0.15, -0.1) is 0 Å². The molecule has 1 aromatic heterocycles. The average molecular weight is 196 g/mol. The number of hydrogen-bond acceptors (Lipinski definition) is 2. The third-order valence-electron chi connectivity index (χ3n) is 2.11. The van der Waals surface area contributed by atoms with Gasteiger partial charge < -0.3 is 4.90 Å². The number of pyridine rings is 1. The van der Waals surface area contributed by atoms with Gasteiger partial charge in [-0.3, -0.25) is 4.79 Å². The fourth-order valence-corrected chi connectivity index (χ4v) is 1.60. The molecule has 0 saturated carbocycles. The predicted octanol–water partition coefficient (Wildman–Crippen LogP) is 1.52. The predicted molar refractivity (Wildman–Crippen MR) is 49.3 cm³/mol. The maximum Gasteiger partial charge on any atom is 0.256 e.